The molecule has 0 amide bonds. The third kappa shape index (κ3) is 5.87. The molecule has 0 aromatic heterocycles. The number of rotatable bonds is 3. The van der Waals surface area contributed by atoms with Gasteiger partial charge < -0.3 is 0 Å². The van der Waals surface area contributed by atoms with E-state index in [0.717, 1.165) is 0 Å². The van der Waals surface area contributed by atoms with Gasteiger partial charge in [-0.15, -0.1) is 11.6 Å². The van der Waals surface area contributed by atoms with Gasteiger partial charge in [0.2, 0.25) is 0 Å². The van der Waals surface area contributed by atoms with Crippen LogP contribution in [0.4, 0.5) is 0 Å². The summed E-state index contributed by atoms with van der Waals surface area (Å²) < 4.78 is 0. The van der Waals surface area contributed by atoms with Gasteiger partial charge in [0.25, 0.3) is 0 Å². The molecule has 0 aliphatic carbocycles. The second-order valence-corrected chi connectivity index (χ2v) is 2.48. The number of allylic oxidation sites excluding steroid dienone is 2. The van der Waals surface area contributed by atoms with Crippen LogP contribution in [0, 0.1) is 0 Å². The van der Waals surface area contributed by atoms with Crippen LogP contribution in [0.15, 0.2) is 11.1 Å². The van der Waals surface area contributed by atoms with Crippen LogP contribution in [0.5, 0.6) is 0 Å². The SMILES string of the molecule is CC(=O)CC(Cl)=CCCl. The Morgan fingerprint density at radius 1 is 1.67 bits per heavy atom. The summed E-state index contributed by atoms with van der Waals surface area (Å²) >= 11 is 10.8. The van der Waals surface area contributed by atoms with Crippen LogP contribution in [0.25, 0.3) is 0 Å². The van der Waals surface area contributed by atoms with Gasteiger partial charge >= 0.3 is 0 Å². The van der Waals surface area contributed by atoms with E-state index >= 15 is 0 Å². The van der Waals surface area contributed by atoms with E-state index in [1.807, 2.05) is 0 Å². The van der Waals surface area contributed by atoms with Crippen LogP contribution < -0.4 is 0 Å². The summed E-state index contributed by atoms with van der Waals surface area (Å²) in [4.78, 5) is 10.4. The molecule has 0 fully saturated rings. The first-order valence-corrected chi connectivity index (χ1v) is 3.48. The molecule has 0 radical (unpaired) electrons. The predicted molar refractivity (Wildman–Crippen MR) is 40.0 cm³/mol. The Hall–Kier alpha value is -0.0100. The van der Waals surface area contributed by atoms with Crippen molar-refractivity contribution < 1.29 is 4.79 Å². The number of carbonyl (C=O) groups is 1. The lowest BCUT2D eigenvalue weighted by Crippen LogP contribution is -1.88. The minimum Gasteiger partial charge on any atom is -0.300 e. The van der Waals surface area contributed by atoms with Crippen molar-refractivity contribution in [3.8, 4) is 0 Å². The lowest BCUT2D eigenvalue weighted by Gasteiger charge is -1.89. The minimum absolute atomic E-state index is 0.0568. The maximum absolute atomic E-state index is 10.4. The Morgan fingerprint density at radius 3 is 2.56 bits per heavy atom. The molecular formula is C6H8Cl2O. The molecule has 0 aliphatic heterocycles. The maximum Gasteiger partial charge on any atom is 0.135 e. The van der Waals surface area contributed by atoms with E-state index in [9.17, 15) is 4.79 Å². The monoisotopic (exact) mass is 166 g/mol. The Balaban J connectivity index is 3.62. The Labute approximate surface area is 64.6 Å². The van der Waals surface area contributed by atoms with E-state index in [0.29, 0.717) is 17.3 Å². The average molecular weight is 167 g/mol. The Kier molecular flexibility index (Phi) is 4.83. The summed E-state index contributed by atoms with van der Waals surface area (Å²) in [5, 5.41) is 0.525. The fourth-order valence-corrected chi connectivity index (χ4v) is 0.924. The minimum atomic E-state index is 0.0568. The molecule has 0 aromatic carbocycles. The highest BCUT2D eigenvalue weighted by Crippen LogP contribution is 2.06. The molecule has 3 heteroatoms. The molecule has 1 nitrogen and oxygen atoms in total. The second-order valence-electron chi connectivity index (χ2n) is 1.68. The van der Waals surface area contributed by atoms with Gasteiger partial charge in [-0.05, 0) is 6.92 Å². The normalized spacial score (nSPS) is 11.7. The first-order chi connectivity index (χ1) is 4.16. The highest BCUT2D eigenvalue weighted by atomic mass is 35.5. The molecule has 0 unspecified atom stereocenters. The maximum atomic E-state index is 10.4. The van der Waals surface area contributed by atoms with E-state index in [1.54, 1.807) is 6.08 Å². The summed E-state index contributed by atoms with van der Waals surface area (Å²) in [7, 11) is 0. The number of hydrogen-bond donors (Lipinski definition) is 0. The van der Waals surface area contributed by atoms with E-state index in [4.69, 9.17) is 23.2 Å². The van der Waals surface area contributed by atoms with Gasteiger partial charge in [-0.1, -0.05) is 17.7 Å². The van der Waals surface area contributed by atoms with Gasteiger partial charge in [-0.25, -0.2) is 0 Å². The van der Waals surface area contributed by atoms with E-state index in [1.165, 1.54) is 6.92 Å². The Bertz CT molecular complexity index is 129. The van der Waals surface area contributed by atoms with Crippen molar-refractivity contribution in [3.05, 3.63) is 11.1 Å². The van der Waals surface area contributed by atoms with Crippen molar-refractivity contribution in [2.24, 2.45) is 0 Å². The van der Waals surface area contributed by atoms with E-state index < -0.39 is 0 Å². The number of alkyl halides is 1. The van der Waals surface area contributed by atoms with Gasteiger partial charge in [-0.3, -0.25) is 4.79 Å². The third-order valence-electron chi connectivity index (χ3n) is 0.716. The molecule has 0 rings (SSSR count). The number of Topliss-reactive ketones (excluding diaryl/α,β-unsaturated/α-hetero) is 1. The molecule has 0 aromatic rings. The molecule has 0 saturated carbocycles. The summed E-state index contributed by atoms with van der Waals surface area (Å²) in [5.74, 6) is 0.424. The van der Waals surface area contributed by atoms with Crippen LogP contribution >= 0.6 is 23.2 Å². The first-order valence-electron chi connectivity index (χ1n) is 2.56. The van der Waals surface area contributed by atoms with Crippen molar-refractivity contribution >= 4 is 29.0 Å². The molecular weight excluding hydrogens is 159 g/mol. The largest absolute Gasteiger partial charge is 0.300 e. The molecule has 0 saturated heterocycles. The highest BCUT2D eigenvalue weighted by Gasteiger charge is 1.94. The fraction of sp³-hybridized carbons (Fsp3) is 0.500. The molecule has 0 spiro atoms. The Morgan fingerprint density at radius 2 is 2.22 bits per heavy atom. The summed E-state index contributed by atoms with van der Waals surface area (Å²) in [6.07, 6.45) is 1.92. The second kappa shape index (κ2) is 4.83. The summed E-state index contributed by atoms with van der Waals surface area (Å²) in [6.45, 7) is 1.49. The van der Waals surface area contributed by atoms with Gasteiger partial charge in [-0.2, -0.15) is 0 Å². The lowest BCUT2D eigenvalue weighted by atomic mass is 10.3. The van der Waals surface area contributed by atoms with Crippen LogP contribution in [0.1, 0.15) is 13.3 Å². The molecule has 0 atom stereocenters. The summed E-state index contributed by atoms with van der Waals surface area (Å²) in [6, 6.07) is 0. The zero-order valence-electron chi connectivity index (χ0n) is 5.16. The summed E-state index contributed by atoms with van der Waals surface area (Å²) in [5.41, 5.74) is 0. The predicted octanol–water partition coefficient (Wildman–Crippen LogP) is 2.33. The van der Waals surface area contributed by atoms with E-state index in [2.05, 4.69) is 0 Å². The number of carbonyl (C=O) groups excluding carboxylic acids is 1. The molecule has 0 bridgehead atoms. The molecule has 52 valence electrons. The van der Waals surface area contributed by atoms with Gasteiger partial charge in [0.1, 0.15) is 5.78 Å². The van der Waals surface area contributed by atoms with Crippen LogP contribution in [0.2, 0.25) is 0 Å². The topological polar surface area (TPSA) is 17.1 Å². The van der Waals surface area contributed by atoms with Crippen molar-refractivity contribution in [3.63, 3.8) is 0 Å². The van der Waals surface area contributed by atoms with Crippen molar-refractivity contribution in [2.75, 3.05) is 5.88 Å². The van der Waals surface area contributed by atoms with Crippen LogP contribution in [-0.4, -0.2) is 11.7 Å². The van der Waals surface area contributed by atoms with Crippen LogP contribution in [-0.2, 0) is 4.79 Å². The van der Waals surface area contributed by atoms with Gasteiger partial charge in [0.15, 0.2) is 0 Å². The van der Waals surface area contributed by atoms with Crippen molar-refractivity contribution in [1.82, 2.24) is 0 Å². The molecule has 0 N–H and O–H groups in total. The zero-order chi connectivity index (χ0) is 7.28. The molecule has 9 heavy (non-hydrogen) atoms. The van der Waals surface area contributed by atoms with Crippen molar-refractivity contribution in [1.29, 1.82) is 0 Å². The number of halogens is 2. The zero-order valence-corrected chi connectivity index (χ0v) is 6.67. The highest BCUT2D eigenvalue weighted by molar-refractivity contribution is 6.31. The fourth-order valence-electron chi connectivity index (χ4n) is 0.394. The quantitative estimate of drug-likeness (QED) is 0.589. The van der Waals surface area contributed by atoms with Crippen molar-refractivity contribution in [2.45, 2.75) is 13.3 Å². The van der Waals surface area contributed by atoms with Crippen LogP contribution in [0.3, 0.4) is 0 Å². The smallest absolute Gasteiger partial charge is 0.135 e. The van der Waals surface area contributed by atoms with Gasteiger partial charge in [0.05, 0.1) is 0 Å². The number of ketones is 1. The standard InChI is InChI=1S/C6H8Cl2O/c1-5(9)4-6(8)2-3-7/h2H,3-4H2,1H3. The first kappa shape index (κ1) is 8.99. The number of hydrogen-bond acceptors (Lipinski definition) is 1. The lowest BCUT2D eigenvalue weighted by molar-refractivity contribution is -0.116. The molecule has 0 heterocycles. The van der Waals surface area contributed by atoms with E-state index in [-0.39, 0.29) is 5.78 Å². The third-order valence-corrected chi connectivity index (χ3v) is 1.16. The molecule has 0 aliphatic rings. The average Bonchev–Trinajstić information content (AvgIpc) is 1.63. The van der Waals surface area contributed by atoms with Gasteiger partial charge in [0, 0.05) is 17.3 Å².